The highest BCUT2D eigenvalue weighted by atomic mass is 16.3. The summed E-state index contributed by atoms with van der Waals surface area (Å²) in [5.74, 6) is 0.758. The summed E-state index contributed by atoms with van der Waals surface area (Å²) in [6.07, 6.45) is 7.56. The second-order valence-corrected chi connectivity index (χ2v) is 11.0. The zero-order chi connectivity index (χ0) is 21.3. The third-order valence-corrected chi connectivity index (χ3v) is 6.65. The molecule has 0 heterocycles. The molecule has 1 aliphatic rings. The molecule has 0 spiro atoms. The minimum Gasteiger partial charge on any atom is -0.507 e. The van der Waals surface area contributed by atoms with Crippen molar-refractivity contribution in [2.45, 2.75) is 110 Å². The second-order valence-electron chi connectivity index (χ2n) is 11.0. The van der Waals surface area contributed by atoms with Crippen LogP contribution in [0.5, 0.6) is 5.75 Å². The van der Waals surface area contributed by atoms with E-state index in [1.165, 1.54) is 18.4 Å². The van der Waals surface area contributed by atoms with Crippen molar-refractivity contribution in [3.63, 3.8) is 0 Å². The van der Waals surface area contributed by atoms with Crippen LogP contribution in [0.3, 0.4) is 0 Å². The Balaban J connectivity index is 2.51. The molecular weight excluding hydrogens is 344 g/mol. The molecule has 0 radical (unpaired) electrons. The average molecular weight is 387 g/mol. The lowest BCUT2D eigenvalue weighted by atomic mass is 9.72. The third kappa shape index (κ3) is 4.97. The van der Waals surface area contributed by atoms with Crippen LogP contribution in [0.15, 0.2) is 17.1 Å². The smallest absolute Gasteiger partial charge is 0.128 e. The minimum atomic E-state index is -0.189. The Kier molecular flexibility index (Phi) is 6.70. The van der Waals surface area contributed by atoms with Crippen LogP contribution < -0.4 is 5.73 Å². The lowest BCUT2D eigenvalue weighted by Crippen LogP contribution is -2.46. The zero-order valence-electron chi connectivity index (χ0n) is 19.4. The molecule has 3 heteroatoms. The fraction of sp³-hybridized carbons (Fsp3) is 0.720. The standard InChI is InChI=1S/C25H42N2O/c1-9-25(8,19-12-10-11-13-21(19)26)27-16-17-14-18(23(2,3)4)15-20(22(17)28)24(5,6)7/h14-16,19,21,28H,9-13,26H2,1-8H3/t19?,21?,25-/m0/s1. The van der Waals surface area contributed by atoms with Crippen molar-refractivity contribution >= 4 is 6.21 Å². The van der Waals surface area contributed by atoms with Crippen LogP contribution in [0.1, 0.15) is 104 Å². The number of nitrogens with zero attached hydrogens (tertiary/aromatic N) is 1. The highest BCUT2D eigenvalue weighted by Crippen LogP contribution is 2.39. The number of rotatable bonds is 4. The molecule has 1 aromatic carbocycles. The molecule has 0 bridgehead atoms. The summed E-state index contributed by atoms with van der Waals surface area (Å²) >= 11 is 0. The summed E-state index contributed by atoms with van der Waals surface area (Å²) in [6.45, 7) is 17.5. The number of aromatic hydroxyl groups is 1. The monoisotopic (exact) mass is 386 g/mol. The molecule has 0 amide bonds. The van der Waals surface area contributed by atoms with Crippen LogP contribution in [-0.2, 0) is 10.8 Å². The van der Waals surface area contributed by atoms with Crippen LogP contribution in [0.25, 0.3) is 0 Å². The van der Waals surface area contributed by atoms with Gasteiger partial charge in [0, 0.05) is 23.4 Å². The molecule has 1 saturated carbocycles. The van der Waals surface area contributed by atoms with Crippen LogP contribution in [0.4, 0.5) is 0 Å². The largest absolute Gasteiger partial charge is 0.507 e. The third-order valence-electron chi connectivity index (χ3n) is 6.65. The van der Waals surface area contributed by atoms with E-state index in [9.17, 15) is 5.11 Å². The number of phenolic OH excluding ortho intramolecular Hbond substituents is 1. The molecule has 28 heavy (non-hydrogen) atoms. The van der Waals surface area contributed by atoms with E-state index in [2.05, 4.69) is 67.5 Å². The van der Waals surface area contributed by atoms with Crippen molar-refractivity contribution in [3.05, 3.63) is 28.8 Å². The molecule has 158 valence electrons. The van der Waals surface area contributed by atoms with E-state index in [4.69, 9.17) is 10.7 Å². The van der Waals surface area contributed by atoms with Crippen molar-refractivity contribution in [1.29, 1.82) is 0 Å². The average Bonchev–Trinajstić information content (AvgIpc) is 2.59. The molecule has 3 atom stereocenters. The van der Waals surface area contributed by atoms with Gasteiger partial charge in [-0.05, 0) is 54.6 Å². The zero-order valence-corrected chi connectivity index (χ0v) is 19.4. The Morgan fingerprint density at radius 1 is 1.04 bits per heavy atom. The number of phenols is 1. The SMILES string of the molecule is CC[C@](C)(N=Cc1cc(C(C)(C)C)cc(C(C)(C)C)c1O)C1CCCCC1N. The molecule has 0 saturated heterocycles. The first-order valence-corrected chi connectivity index (χ1v) is 11.0. The van der Waals surface area contributed by atoms with E-state index in [0.717, 1.165) is 30.4 Å². The first kappa shape index (κ1) is 22.9. The van der Waals surface area contributed by atoms with Gasteiger partial charge in [0.05, 0.1) is 5.54 Å². The number of hydrogen-bond donors (Lipinski definition) is 2. The highest BCUT2D eigenvalue weighted by molar-refractivity contribution is 5.85. The molecule has 0 aliphatic heterocycles. The van der Waals surface area contributed by atoms with E-state index in [0.29, 0.717) is 11.7 Å². The Labute approximate surface area is 172 Å². The van der Waals surface area contributed by atoms with E-state index >= 15 is 0 Å². The number of aliphatic imine (C=N–C) groups is 1. The molecule has 3 N–H and O–H groups in total. The predicted molar refractivity (Wildman–Crippen MR) is 122 cm³/mol. The number of hydrogen-bond acceptors (Lipinski definition) is 3. The quantitative estimate of drug-likeness (QED) is 0.615. The Bertz CT molecular complexity index is 708. The summed E-state index contributed by atoms with van der Waals surface area (Å²) in [5, 5.41) is 11.0. The molecule has 1 aliphatic carbocycles. The van der Waals surface area contributed by atoms with Crippen LogP contribution >= 0.6 is 0 Å². The van der Waals surface area contributed by atoms with E-state index in [-0.39, 0.29) is 22.4 Å². The summed E-state index contributed by atoms with van der Waals surface area (Å²) in [6, 6.07) is 4.48. The fourth-order valence-electron chi connectivity index (χ4n) is 4.36. The normalized spacial score (nSPS) is 23.8. The van der Waals surface area contributed by atoms with Gasteiger partial charge in [-0.25, -0.2) is 0 Å². The van der Waals surface area contributed by atoms with Crippen molar-refractivity contribution in [2.75, 3.05) is 0 Å². The van der Waals surface area contributed by atoms with Gasteiger partial charge in [-0.2, -0.15) is 0 Å². The van der Waals surface area contributed by atoms with Crippen LogP contribution in [0, 0.1) is 5.92 Å². The molecule has 1 aromatic rings. The van der Waals surface area contributed by atoms with Gasteiger partial charge < -0.3 is 10.8 Å². The lowest BCUT2D eigenvalue weighted by Gasteiger charge is -2.40. The molecule has 3 nitrogen and oxygen atoms in total. The Hall–Kier alpha value is -1.35. The van der Waals surface area contributed by atoms with Gasteiger partial charge in [-0.1, -0.05) is 67.4 Å². The first-order valence-electron chi connectivity index (χ1n) is 11.0. The van der Waals surface area contributed by atoms with Gasteiger partial charge in [0.15, 0.2) is 0 Å². The molecule has 1 fully saturated rings. The van der Waals surface area contributed by atoms with Crippen molar-refractivity contribution in [1.82, 2.24) is 0 Å². The van der Waals surface area contributed by atoms with Gasteiger partial charge in [0.2, 0.25) is 0 Å². The van der Waals surface area contributed by atoms with E-state index < -0.39 is 0 Å². The molecule has 2 rings (SSSR count). The molecule has 0 aromatic heterocycles. The van der Waals surface area contributed by atoms with Crippen LogP contribution in [0.2, 0.25) is 0 Å². The summed E-state index contributed by atoms with van der Waals surface area (Å²) < 4.78 is 0. The Morgan fingerprint density at radius 2 is 1.64 bits per heavy atom. The topological polar surface area (TPSA) is 58.6 Å². The molecular formula is C25H42N2O. The van der Waals surface area contributed by atoms with Crippen molar-refractivity contribution < 1.29 is 5.11 Å². The maximum Gasteiger partial charge on any atom is 0.128 e. The maximum atomic E-state index is 11.0. The number of benzene rings is 1. The van der Waals surface area contributed by atoms with E-state index in [1.807, 2.05) is 6.21 Å². The Morgan fingerprint density at radius 3 is 2.14 bits per heavy atom. The van der Waals surface area contributed by atoms with Gasteiger partial charge in [0.25, 0.3) is 0 Å². The molecule has 2 unspecified atom stereocenters. The van der Waals surface area contributed by atoms with Gasteiger partial charge in [-0.3, -0.25) is 4.99 Å². The second kappa shape index (κ2) is 8.18. The van der Waals surface area contributed by atoms with Gasteiger partial charge >= 0.3 is 0 Å². The maximum absolute atomic E-state index is 11.0. The fourth-order valence-corrected chi connectivity index (χ4v) is 4.36. The predicted octanol–water partition coefficient (Wildman–Crippen LogP) is 6.09. The highest BCUT2D eigenvalue weighted by Gasteiger charge is 2.37. The first-order chi connectivity index (χ1) is 12.8. The van der Waals surface area contributed by atoms with Crippen molar-refractivity contribution in [3.8, 4) is 5.75 Å². The van der Waals surface area contributed by atoms with Crippen LogP contribution in [-0.4, -0.2) is 22.9 Å². The van der Waals surface area contributed by atoms with Gasteiger partial charge in [0.1, 0.15) is 5.75 Å². The summed E-state index contributed by atoms with van der Waals surface area (Å²) in [5.41, 5.74) is 9.20. The van der Waals surface area contributed by atoms with E-state index in [1.54, 1.807) is 0 Å². The van der Waals surface area contributed by atoms with Crippen molar-refractivity contribution in [2.24, 2.45) is 16.6 Å². The summed E-state index contributed by atoms with van der Waals surface area (Å²) in [4.78, 5) is 5.06. The number of nitrogens with two attached hydrogens (primary N) is 1. The lowest BCUT2D eigenvalue weighted by molar-refractivity contribution is 0.190. The summed E-state index contributed by atoms with van der Waals surface area (Å²) in [7, 11) is 0. The minimum absolute atomic E-state index is 0.00999. The van der Waals surface area contributed by atoms with Gasteiger partial charge in [-0.15, -0.1) is 0 Å².